The number of sulfone groups is 1. The molecule has 0 aromatic heterocycles. The maximum atomic E-state index is 12.3. The zero-order chi connectivity index (χ0) is 17.0. The van der Waals surface area contributed by atoms with Crippen LogP contribution in [0.4, 0.5) is 5.69 Å². The van der Waals surface area contributed by atoms with Crippen molar-refractivity contribution in [3.8, 4) is 0 Å². The lowest BCUT2D eigenvalue weighted by atomic mass is 10.1. The van der Waals surface area contributed by atoms with Crippen LogP contribution in [-0.2, 0) is 21.1 Å². The van der Waals surface area contributed by atoms with Gasteiger partial charge in [-0.05, 0) is 30.9 Å². The smallest absolute Gasteiger partial charge is 0.224 e. The fourth-order valence-electron chi connectivity index (χ4n) is 3.03. The van der Waals surface area contributed by atoms with Gasteiger partial charge in [-0.25, -0.2) is 8.42 Å². The zero-order valence-electron chi connectivity index (χ0n) is 14.1. The molecule has 0 spiro atoms. The molecule has 0 saturated carbocycles. The van der Waals surface area contributed by atoms with E-state index in [1.54, 1.807) is 11.9 Å². The number of hydrogen-bond acceptors (Lipinski definition) is 4. The summed E-state index contributed by atoms with van der Waals surface area (Å²) in [6.07, 6.45) is 1.86. The normalized spacial score (nSPS) is 19.5. The summed E-state index contributed by atoms with van der Waals surface area (Å²) in [6, 6.07) is 6.02. The average molecular weight is 338 g/mol. The van der Waals surface area contributed by atoms with E-state index in [-0.39, 0.29) is 23.5 Å². The molecule has 1 aromatic carbocycles. The minimum atomic E-state index is -2.96. The Kier molecular flexibility index (Phi) is 5.68. The molecule has 1 heterocycles. The predicted molar refractivity (Wildman–Crippen MR) is 93.5 cm³/mol. The molecule has 1 N–H and O–H groups in total. The van der Waals surface area contributed by atoms with E-state index in [1.165, 1.54) is 11.1 Å². The molecule has 0 bridgehead atoms. The third-order valence-corrected chi connectivity index (χ3v) is 6.28. The number of hydrogen-bond donors (Lipinski definition) is 1. The van der Waals surface area contributed by atoms with Crippen LogP contribution in [0.3, 0.4) is 0 Å². The molecule has 5 nitrogen and oxygen atoms in total. The van der Waals surface area contributed by atoms with Gasteiger partial charge >= 0.3 is 0 Å². The fourth-order valence-corrected chi connectivity index (χ4v) is 4.81. The number of aryl methyl sites for hydroxylation is 2. The van der Waals surface area contributed by atoms with Gasteiger partial charge < -0.3 is 10.2 Å². The van der Waals surface area contributed by atoms with Gasteiger partial charge in [-0.2, -0.15) is 0 Å². The van der Waals surface area contributed by atoms with E-state index < -0.39 is 9.84 Å². The number of para-hydroxylation sites is 1. The van der Waals surface area contributed by atoms with Gasteiger partial charge in [0, 0.05) is 31.7 Å². The topological polar surface area (TPSA) is 66.5 Å². The first-order chi connectivity index (χ1) is 10.8. The summed E-state index contributed by atoms with van der Waals surface area (Å²) in [5.74, 6) is 0.281. The van der Waals surface area contributed by atoms with Crippen LogP contribution in [0.15, 0.2) is 18.2 Å². The maximum Gasteiger partial charge on any atom is 0.224 e. The molecule has 0 radical (unpaired) electrons. The van der Waals surface area contributed by atoms with E-state index >= 15 is 0 Å². The molecular weight excluding hydrogens is 312 g/mol. The molecule has 1 aliphatic rings. The molecule has 1 saturated heterocycles. The van der Waals surface area contributed by atoms with Crippen molar-refractivity contribution in [3.63, 3.8) is 0 Å². The van der Waals surface area contributed by atoms with Gasteiger partial charge in [-0.3, -0.25) is 4.79 Å². The molecule has 128 valence electrons. The number of benzene rings is 1. The highest BCUT2D eigenvalue weighted by Gasteiger charge is 2.32. The van der Waals surface area contributed by atoms with Crippen molar-refractivity contribution >= 4 is 21.4 Å². The Labute approximate surface area is 139 Å². The number of amides is 1. The van der Waals surface area contributed by atoms with Gasteiger partial charge in [0.05, 0.1) is 11.5 Å². The minimum absolute atomic E-state index is 0.00812. The Morgan fingerprint density at radius 1 is 1.39 bits per heavy atom. The van der Waals surface area contributed by atoms with Gasteiger partial charge in [0.25, 0.3) is 0 Å². The number of rotatable bonds is 6. The largest absolute Gasteiger partial charge is 0.384 e. The number of anilines is 1. The third kappa shape index (κ3) is 4.47. The van der Waals surface area contributed by atoms with Gasteiger partial charge in [0.15, 0.2) is 9.84 Å². The first-order valence-electron chi connectivity index (χ1n) is 8.12. The van der Waals surface area contributed by atoms with Crippen LogP contribution in [0.5, 0.6) is 0 Å². The zero-order valence-corrected chi connectivity index (χ0v) is 14.9. The van der Waals surface area contributed by atoms with E-state index in [0.29, 0.717) is 19.4 Å². The van der Waals surface area contributed by atoms with Crippen LogP contribution < -0.4 is 5.32 Å². The van der Waals surface area contributed by atoms with Crippen LogP contribution >= 0.6 is 0 Å². The van der Waals surface area contributed by atoms with Crippen LogP contribution in [-0.4, -0.2) is 50.4 Å². The monoisotopic (exact) mass is 338 g/mol. The first-order valence-corrected chi connectivity index (χ1v) is 9.94. The molecular formula is C17H26N2O3S. The molecule has 6 heteroatoms. The van der Waals surface area contributed by atoms with Crippen molar-refractivity contribution in [2.75, 3.05) is 30.4 Å². The summed E-state index contributed by atoms with van der Waals surface area (Å²) in [5, 5.41) is 3.36. The number of carbonyl (C=O) groups is 1. The summed E-state index contributed by atoms with van der Waals surface area (Å²) < 4.78 is 23.0. The van der Waals surface area contributed by atoms with Gasteiger partial charge in [0.1, 0.15) is 0 Å². The van der Waals surface area contributed by atoms with Crippen molar-refractivity contribution in [1.82, 2.24) is 4.90 Å². The van der Waals surface area contributed by atoms with Crippen molar-refractivity contribution < 1.29 is 13.2 Å². The number of nitrogens with one attached hydrogen (secondary N) is 1. The molecule has 1 aromatic rings. The van der Waals surface area contributed by atoms with Crippen LogP contribution in [0.2, 0.25) is 0 Å². The Balaban J connectivity index is 1.88. The highest BCUT2D eigenvalue weighted by molar-refractivity contribution is 7.91. The van der Waals surface area contributed by atoms with Crippen LogP contribution in [0, 0.1) is 6.92 Å². The van der Waals surface area contributed by atoms with Gasteiger partial charge in [-0.15, -0.1) is 0 Å². The quantitative estimate of drug-likeness (QED) is 0.861. The molecule has 0 aliphatic carbocycles. The lowest BCUT2D eigenvalue weighted by Crippen LogP contribution is -2.38. The first kappa shape index (κ1) is 17.8. The second kappa shape index (κ2) is 7.34. The summed E-state index contributed by atoms with van der Waals surface area (Å²) >= 11 is 0. The SMILES string of the molecule is CCc1cccc(C)c1NCCC(=O)N(C)C1CCS(=O)(=O)C1. The molecule has 2 rings (SSSR count). The molecule has 1 atom stereocenters. The molecule has 1 aliphatic heterocycles. The minimum Gasteiger partial charge on any atom is -0.384 e. The highest BCUT2D eigenvalue weighted by atomic mass is 32.2. The lowest BCUT2D eigenvalue weighted by Gasteiger charge is -2.23. The molecule has 1 fully saturated rings. The van der Waals surface area contributed by atoms with Crippen LogP contribution in [0.25, 0.3) is 0 Å². The molecule has 1 amide bonds. The second-order valence-electron chi connectivity index (χ2n) is 6.20. The summed E-state index contributed by atoms with van der Waals surface area (Å²) in [5.41, 5.74) is 3.52. The summed E-state index contributed by atoms with van der Waals surface area (Å²) in [6.45, 7) is 4.72. The van der Waals surface area contributed by atoms with Crippen molar-refractivity contribution in [3.05, 3.63) is 29.3 Å². The number of carbonyl (C=O) groups excluding carboxylic acids is 1. The van der Waals surface area contributed by atoms with Gasteiger partial charge in [0.2, 0.25) is 5.91 Å². The van der Waals surface area contributed by atoms with E-state index in [4.69, 9.17) is 0 Å². The van der Waals surface area contributed by atoms with Crippen molar-refractivity contribution in [2.24, 2.45) is 0 Å². The predicted octanol–water partition coefficient (Wildman–Crippen LogP) is 2.00. The van der Waals surface area contributed by atoms with Gasteiger partial charge in [-0.1, -0.05) is 25.1 Å². The highest BCUT2D eigenvalue weighted by Crippen LogP contribution is 2.21. The second-order valence-corrected chi connectivity index (χ2v) is 8.43. The van der Waals surface area contributed by atoms with E-state index in [2.05, 4.69) is 31.3 Å². The average Bonchev–Trinajstić information content (AvgIpc) is 2.87. The van der Waals surface area contributed by atoms with Crippen molar-refractivity contribution in [1.29, 1.82) is 0 Å². The Morgan fingerprint density at radius 3 is 2.74 bits per heavy atom. The van der Waals surface area contributed by atoms with E-state index in [0.717, 1.165) is 12.1 Å². The van der Waals surface area contributed by atoms with E-state index in [1.807, 2.05) is 6.07 Å². The Hall–Kier alpha value is -1.56. The maximum absolute atomic E-state index is 12.3. The fraction of sp³-hybridized carbons (Fsp3) is 0.588. The Morgan fingerprint density at radius 2 is 2.13 bits per heavy atom. The molecule has 1 unspecified atom stereocenters. The molecule has 23 heavy (non-hydrogen) atoms. The van der Waals surface area contributed by atoms with Crippen molar-refractivity contribution in [2.45, 2.75) is 39.2 Å². The standard InChI is InChI=1S/C17H26N2O3S/c1-4-14-7-5-6-13(2)17(14)18-10-8-16(20)19(3)15-9-11-23(21,22)12-15/h5-7,15,18H,4,8-12H2,1-3H3. The third-order valence-electron chi connectivity index (χ3n) is 4.53. The van der Waals surface area contributed by atoms with E-state index in [9.17, 15) is 13.2 Å². The Bertz CT molecular complexity index is 670. The lowest BCUT2D eigenvalue weighted by molar-refractivity contribution is -0.131. The van der Waals surface area contributed by atoms with Crippen LogP contribution in [0.1, 0.15) is 30.9 Å². The summed E-state index contributed by atoms with van der Waals surface area (Å²) in [7, 11) is -1.25. The number of nitrogens with zero attached hydrogens (tertiary/aromatic N) is 1. The summed E-state index contributed by atoms with van der Waals surface area (Å²) in [4.78, 5) is 13.9.